The first-order chi connectivity index (χ1) is 9.83. The molecule has 0 amide bonds. The number of nitrogens with two attached hydrogens (primary N) is 1. The molecule has 0 fully saturated rings. The highest BCUT2D eigenvalue weighted by Crippen LogP contribution is 2.31. The third-order valence-electron chi connectivity index (χ3n) is 2.92. The van der Waals surface area contributed by atoms with E-state index in [9.17, 15) is 14.9 Å². The second kappa shape index (κ2) is 5.33. The van der Waals surface area contributed by atoms with Crippen LogP contribution in [0, 0.1) is 10.1 Å². The minimum Gasteiger partial charge on any atom is -0.490 e. The van der Waals surface area contributed by atoms with Gasteiger partial charge in [0.15, 0.2) is 5.52 Å². The van der Waals surface area contributed by atoms with Gasteiger partial charge >= 0.3 is 5.97 Å². The van der Waals surface area contributed by atoms with Gasteiger partial charge in [0.1, 0.15) is 17.9 Å². The fraction of sp³-hybridized carbons (Fsp3) is 0.231. The van der Waals surface area contributed by atoms with Gasteiger partial charge in [0, 0.05) is 17.6 Å². The summed E-state index contributed by atoms with van der Waals surface area (Å²) >= 11 is 0. The standard InChI is InChI=1S/C13H13N3O5/c1-13(14,12(17)18)7-21-10-5-4-9(16(19)20)11-8(10)3-2-6-15-11/h2-6H,7,14H2,1H3,(H,17,18). The minimum atomic E-state index is -1.56. The van der Waals surface area contributed by atoms with Crippen LogP contribution >= 0.6 is 0 Å². The average molecular weight is 291 g/mol. The molecule has 0 aliphatic carbocycles. The Morgan fingerprint density at radius 1 is 1.52 bits per heavy atom. The van der Waals surface area contributed by atoms with Crippen molar-refractivity contribution in [2.45, 2.75) is 12.5 Å². The lowest BCUT2D eigenvalue weighted by Gasteiger charge is -2.20. The zero-order valence-corrected chi connectivity index (χ0v) is 11.1. The Hall–Kier alpha value is -2.74. The number of nitrogens with zero attached hydrogens (tertiary/aromatic N) is 2. The van der Waals surface area contributed by atoms with Crippen molar-refractivity contribution in [2.24, 2.45) is 5.73 Å². The van der Waals surface area contributed by atoms with Gasteiger partial charge in [-0.05, 0) is 25.1 Å². The van der Waals surface area contributed by atoms with E-state index < -0.39 is 16.4 Å². The normalized spacial score (nSPS) is 13.6. The van der Waals surface area contributed by atoms with Crippen molar-refractivity contribution in [3.05, 3.63) is 40.6 Å². The Bertz CT molecular complexity index is 714. The molecule has 1 heterocycles. The summed E-state index contributed by atoms with van der Waals surface area (Å²) in [6.07, 6.45) is 1.43. The summed E-state index contributed by atoms with van der Waals surface area (Å²) in [5.74, 6) is -0.909. The zero-order valence-electron chi connectivity index (χ0n) is 11.1. The summed E-state index contributed by atoms with van der Waals surface area (Å²) in [6.45, 7) is 1.05. The van der Waals surface area contributed by atoms with Gasteiger partial charge in [-0.25, -0.2) is 4.98 Å². The number of aliphatic carboxylic acids is 1. The van der Waals surface area contributed by atoms with Crippen LogP contribution in [0.4, 0.5) is 5.69 Å². The van der Waals surface area contributed by atoms with E-state index in [1.165, 1.54) is 25.3 Å². The molecule has 1 atom stereocenters. The second-order valence-electron chi connectivity index (χ2n) is 4.75. The monoisotopic (exact) mass is 291 g/mol. The van der Waals surface area contributed by atoms with Gasteiger partial charge < -0.3 is 15.6 Å². The number of aromatic nitrogens is 1. The van der Waals surface area contributed by atoms with Crippen molar-refractivity contribution in [1.29, 1.82) is 0 Å². The topological polar surface area (TPSA) is 129 Å². The Balaban J connectivity index is 2.40. The van der Waals surface area contributed by atoms with Gasteiger partial charge in [-0.3, -0.25) is 14.9 Å². The molecule has 110 valence electrons. The molecule has 8 nitrogen and oxygen atoms in total. The molecule has 2 aromatic rings. The highest BCUT2D eigenvalue weighted by Gasteiger charge is 2.29. The summed E-state index contributed by atoms with van der Waals surface area (Å²) in [6, 6.07) is 5.89. The fourth-order valence-electron chi connectivity index (χ4n) is 1.69. The van der Waals surface area contributed by atoms with Crippen LogP contribution in [-0.2, 0) is 4.79 Å². The number of non-ortho nitro benzene ring substituents is 1. The van der Waals surface area contributed by atoms with Crippen molar-refractivity contribution in [3.63, 3.8) is 0 Å². The molecule has 0 aliphatic rings. The number of benzene rings is 1. The number of nitro benzene ring substituents is 1. The van der Waals surface area contributed by atoms with Crippen molar-refractivity contribution < 1.29 is 19.6 Å². The molecule has 2 rings (SSSR count). The summed E-state index contributed by atoms with van der Waals surface area (Å²) in [5, 5.41) is 20.3. The number of carboxylic acid groups (broad SMARTS) is 1. The van der Waals surface area contributed by atoms with Crippen LogP contribution in [0.5, 0.6) is 5.75 Å². The molecule has 0 saturated carbocycles. The maximum absolute atomic E-state index is 11.0. The predicted molar refractivity (Wildman–Crippen MR) is 74.1 cm³/mol. The van der Waals surface area contributed by atoms with Crippen LogP contribution < -0.4 is 10.5 Å². The molecular weight excluding hydrogens is 278 g/mol. The zero-order chi connectivity index (χ0) is 15.6. The lowest BCUT2D eigenvalue weighted by Crippen LogP contribution is -2.49. The molecule has 0 aliphatic heterocycles. The summed E-state index contributed by atoms with van der Waals surface area (Å²) in [5.41, 5.74) is 4.05. The van der Waals surface area contributed by atoms with Crippen LogP contribution in [0.1, 0.15) is 6.92 Å². The first-order valence-electron chi connectivity index (χ1n) is 6.00. The average Bonchev–Trinajstić information content (AvgIpc) is 2.44. The molecule has 0 spiro atoms. The summed E-state index contributed by atoms with van der Waals surface area (Å²) in [4.78, 5) is 25.3. The van der Waals surface area contributed by atoms with Crippen molar-refractivity contribution in [2.75, 3.05) is 6.61 Å². The van der Waals surface area contributed by atoms with Gasteiger partial charge in [0.05, 0.1) is 4.92 Å². The van der Waals surface area contributed by atoms with E-state index in [-0.39, 0.29) is 17.8 Å². The van der Waals surface area contributed by atoms with Crippen LogP contribution in [0.25, 0.3) is 10.9 Å². The number of nitro groups is 1. The fourth-order valence-corrected chi connectivity index (χ4v) is 1.69. The third kappa shape index (κ3) is 2.90. The van der Waals surface area contributed by atoms with Gasteiger partial charge in [0.25, 0.3) is 5.69 Å². The molecule has 8 heteroatoms. The Labute approximate surface area is 119 Å². The molecule has 0 radical (unpaired) electrons. The quantitative estimate of drug-likeness (QED) is 0.627. The Kier molecular flexibility index (Phi) is 3.72. The highest BCUT2D eigenvalue weighted by molar-refractivity contribution is 5.92. The Morgan fingerprint density at radius 3 is 2.86 bits per heavy atom. The molecular formula is C13H13N3O5. The minimum absolute atomic E-state index is 0.147. The van der Waals surface area contributed by atoms with E-state index in [4.69, 9.17) is 15.6 Å². The largest absolute Gasteiger partial charge is 0.490 e. The van der Waals surface area contributed by atoms with Gasteiger partial charge in [0.2, 0.25) is 0 Å². The molecule has 3 N–H and O–H groups in total. The predicted octanol–water partition coefficient (Wildman–Crippen LogP) is 1.32. The van der Waals surface area contributed by atoms with Crippen LogP contribution in [0.15, 0.2) is 30.5 Å². The molecule has 1 unspecified atom stereocenters. The van der Waals surface area contributed by atoms with Crippen molar-refractivity contribution >= 4 is 22.6 Å². The molecule has 0 saturated heterocycles. The first kappa shape index (κ1) is 14.7. The van der Waals surface area contributed by atoms with E-state index in [0.29, 0.717) is 11.1 Å². The highest BCUT2D eigenvalue weighted by atomic mass is 16.6. The number of rotatable bonds is 5. The van der Waals surface area contributed by atoms with E-state index in [1.54, 1.807) is 12.1 Å². The molecule has 1 aromatic heterocycles. The van der Waals surface area contributed by atoms with Crippen LogP contribution in [-0.4, -0.2) is 33.1 Å². The number of hydrogen-bond donors (Lipinski definition) is 2. The number of carbonyl (C=O) groups is 1. The van der Waals surface area contributed by atoms with E-state index in [2.05, 4.69) is 4.98 Å². The van der Waals surface area contributed by atoms with Crippen molar-refractivity contribution in [1.82, 2.24) is 4.98 Å². The van der Waals surface area contributed by atoms with Crippen molar-refractivity contribution in [3.8, 4) is 5.75 Å². The van der Waals surface area contributed by atoms with Gasteiger partial charge in [-0.15, -0.1) is 0 Å². The third-order valence-corrected chi connectivity index (χ3v) is 2.92. The SMILES string of the molecule is CC(N)(COc1ccc([N+](=O)[O-])c2ncccc12)C(=O)O. The lowest BCUT2D eigenvalue weighted by atomic mass is 10.1. The summed E-state index contributed by atoms with van der Waals surface area (Å²) < 4.78 is 5.41. The number of hydrogen-bond acceptors (Lipinski definition) is 6. The maximum atomic E-state index is 11.0. The lowest BCUT2D eigenvalue weighted by molar-refractivity contribution is -0.383. The number of fused-ring (bicyclic) bond motifs is 1. The van der Waals surface area contributed by atoms with E-state index in [1.807, 2.05) is 0 Å². The van der Waals surface area contributed by atoms with Gasteiger partial charge in [-0.1, -0.05) is 0 Å². The van der Waals surface area contributed by atoms with Crippen LogP contribution in [0.3, 0.4) is 0 Å². The van der Waals surface area contributed by atoms with Crippen LogP contribution in [0.2, 0.25) is 0 Å². The molecule has 0 bridgehead atoms. The number of pyridine rings is 1. The first-order valence-corrected chi connectivity index (χ1v) is 6.00. The van der Waals surface area contributed by atoms with E-state index >= 15 is 0 Å². The summed E-state index contributed by atoms with van der Waals surface area (Å²) in [7, 11) is 0. The second-order valence-corrected chi connectivity index (χ2v) is 4.75. The van der Waals surface area contributed by atoms with E-state index in [0.717, 1.165) is 0 Å². The number of ether oxygens (including phenoxy) is 1. The molecule has 1 aromatic carbocycles. The van der Waals surface area contributed by atoms with Gasteiger partial charge in [-0.2, -0.15) is 0 Å². The molecule has 21 heavy (non-hydrogen) atoms. The smallest absolute Gasteiger partial charge is 0.326 e. The number of carboxylic acids is 1. The Morgan fingerprint density at radius 2 is 2.24 bits per heavy atom. The maximum Gasteiger partial charge on any atom is 0.326 e.